The van der Waals surface area contributed by atoms with Gasteiger partial charge in [-0.15, -0.1) is 0 Å². The fraction of sp³-hybridized carbons (Fsp3) is 0.384. The number of rotatable bonds is 39. The van der Waals surface area contributed by atoms with Crippen LogP contribution in [0.2, 0.25) is 0 Å². The van der Waals surface area contributed by atoms with Crippen LogP contribution in [0.1, 0.15) is 75.1 Å². The highest BCUT2D eigenvalue weighted by Gasteiger charge is 2.56. The number of carbonyl (C=O) groups is 1. The van der Waals surface area contributed by atoms with Crippen LogP contribution in [0.5, 0.6) is 5.75 Å². The van der Waals surface area contributed by atoms with Gasteiger partial charge in [0, 0.05) is 5.69 Å². The molecule has 9 N–H and O–H groups in total. The van der Waals surface area contributed by atoms with Gasteiger partial charge in [0.1, 0.15) is 134 Å². The highest BCUT2D eigenvalue weighted by molar-refractivity contribution is 6.03. The molecule has 1 amide bonds. The summed E-state index contributed by atoms with van der Waals surface area (Å²) in [4.78, 5) is 15.0. The number of ether oxygens (including phenoxy) is 14. The zero-order valence-electron chi connectivity index (χ0n) is 69.4. The van der Waals surface area contributed by atoms with E-state index in [1.165, 1.54) is 48.5 Å². The molecule has 10 aromatic rings. The van der Waals surface area contributed by atoms with Crippen LogP contribution in [0, 0.1) is 17.6 Å². The quantitative estimate of drug-likeness (QED) is 0.0162. The van der Waals surface area contributed by atoms with Crippen molar-refractivity contribution < 1.29 is 126 Å². The van der Waals surface area contributed by atoms with Gasteiger partial charge in [-0.1, -0.05) is 237 Å². The zero-order chi connectivity index (χ0) is 87.7. The molecule has 25 nitrogen and oxygen atoms in total. The minimum Gasteiger partial charge on any atom is -0.491 e. The first kappa shape index (κ1) is 92.6. The highest BCUT2D eigenvalue weighted by atomic mass is 19.1. The van der Waals surface area contributed by atoms with Crippen LogP contribution in [-0.4, -0.2) is 214 Å². The number of halogens is 2. The Balaban J connectivity index is 0.000000215. The smallest absolute Gasteiger partial charge is 0.233 e. The SMILES string of the molecule is O=C1C(CC[C@H](O)c2ccc(F)cc2)[C@@H](c2ccc(OCC3OC(CO)C(OC4OC(CO)C(O)C(O)C4O)C(O)C3O)cc2)N1c1ccc(F)cc1.OCC1OC(COCc2ccccc2)C(OC2OC(COCc3ccccc3)C(OCc3ccccc3)C(OCc3ccccc3)C2OCc2ccccc2)C(OCc2ccccc2)C1OCc1ccccc1. The number of aliphatic hydroxyl groups is 9. The molecular weight excluding hydrogens is 1630 g/mol. The summed E-state index contributed by atoms with van der Waals surface area (Å²) in [6, 6.07) is 87.3. The number of benzene rings is 10. The van der Waals surface area contributed by atoms with Crippen molar-refractivity contribution in [2.24, 2.45) is 5.92 Å². The highest BCUT2D eigenvalue weighted by Crippen LogP contribution is 2.47. The number of aliphatic hydroxyl groups excluding tert-OH is 9. The molecule has 0 aliphatic carbocycles. The Labute approximate surface area is 730 Å². The third kappa shape index (κ3) is 24.5. The molecule has 5 fully saturated rings. The summed E-state index contributed by atoms with van der Waals surface area (Å²) in [5, 5.41) is 93.6. The molecule has 126 heavy (non-hydrogen) atoms. The van der Waals surface area contributed by atoms with E-state index in [1.807, 2.05) is 212 Å². The standard InChI is InChI=1S/C62H66O11.C37H43F2NO13/c63-36-53-56(66-39-48-26-12-3-13-27-48)59(68-41-50-30-16-5-17-31-50)58(55(71-53)45-65-38-47-24-10-2-11-25-47)73-62-61(70-43-52-34-20-7-21-35-52)60(69-42-51-32-18-6-19-33-51)57(67-40-49-28-14-4-15-29-49)54(72-62)44-64-37-46-22-8-1-9-23-46;38-20-5-1-18(2-6-20)25(43)14-13-24-29(40(36(24)49)22-9-7-21(39)8-10-22)19-3-11-23(12-4-19)50-17-28-31(45)33(47)35(27(16-42)51-28)53-37-34(48)32(46)30(44)26(15-41)52-37/h1-35,53-63H,36-45H2;1-12,24-35,37,41-48H,13-17H2/t;24?,25-,26?,27?,28?,29+,30?,31?,32?,33?,34?,35?,37?/m.0/s1. The Morgan fingerprint density at radius 3 is 1.17 bits per heavy atom. The lowest BCUT2D eigenvalue weighted by Gasteiger charge is -2.50. The average Bonchev–Trinajstić information content (AvgIpc) is 0.740. The second-order valence-corrected chi connectivity index (χ2v) is 31.8. The Kier molecular flexibility index (Phi) is 34.1. The molecule has 23 atom stereocenters. The molecule has 0 aromatic heterocycles. The molecule has 5 aliphatic rings. The van der Waals surface area contributed by atoms with Crippen LogP contribution in [0.3, 0.4) is 0 Å². The number of β-lactam (4-membered cyclic amide) rings is 1. The first-order valence-corrected chi connectivity index (χ1v) is 42.5. The fourth-order valence-corrected chi connectivity index (χ4v) is 16.3. The molecule has 5 saturated heterocycles. The van der Waals surface area contributed by atoms with Crippen molar-refractivity contribution >= 4 is 11.6 Å². The van der Waals surface area contributed by atoms with Gasteiger partial charge in [0.05, 0.1) is 97.3 Å². The van der Waals surface area contributed by atoms with E-state index in [9.17, 15) is 59.5 Å². The van der Waals surface area contributed by atoms with Gasteiger partial charge in [-0.05, 0) is 111 Å². The summed E-state index contributed by atoms with van der Waals surface area (Å²) in [5.74, 6) is -1.28. The maximum Gasteiger partial charge on any atom is 0.233 e. The third-order valence-electron chi connectivity index (χ3n) is 23.1. The maximum absolute atomic E-state index is 13.7. The van der Waals surface area contributed by atoms with E-state index in [2.05, 4.69) is 0 Å². The second kappa shape index (κ2) is 46.4. The van der Waals surface area contributed by atoms with Crippen molar-refractivity contribution in [1.82, 2.24) is 0 Å². The van der Waals surface area contributed by atoms with Gasteiger partial charge in [-0.2, -0.15) is 0 Å². The van der Waals surface area contributed by atoms with Crippen LogP contribution in [0.25, 0.3) is 0 Å². The Hall–Kier alpha value is -9.55. The summed E-state index contributed by atoms with van der Waals surface area (Å²) < 4.78 is 119. The van der Waals surface area contributed by atoms with E-state index < -0.39 is 165 Å². The van der Waals surface area contributed by atoms with E-state index in [1.54, 1.807) is 29.2 Å². The Morgan fingerprint density at radius 2 is 0.714 bits per heavy atom. The molecule has 0 radical (unpaired) electrons. The minimum atomic E-state index is -1.79. The first-order valence-electron chi connectivity index (χ1n) is 42.5. The Morgan fingerprint density at radius 1 is 0.341 bits per heavy atom. The van der Waals surface area contributed by atoms with E-state index >= 15 is 0 Å². The van der Waals surface area contributed by atoms with Gasteiger partial charge in [0.15, 0.2) is 12.6 Å². The molecule has 0 bridgehead atoms. The summed E-state index contributed by atoms with van der Waals surface area (Å²) in [7, 11) is 0. The summed E-state index contributed by atoms with van der Waals surface area (Å²) >= 11 is 0. The van der Waals surface area contributed by atoms with Gasteiger partial charge in [0.25, 0.3) is 0 Å². The lowest BCUT2D eigenvalue weighted by molar-refractivity contribution is -0.364. The second-order valence-electron chi connectivity index (χ2n) is 31.8. The third-order valence-corrected chi connectivity index (χ3v) is 23.1. The van der Waals surface area contributed by atoms with Crippen LogP contribution in [0.15, 0.2) is 285 Å². The molecule has 21 unspecified atom stereocenters. The van der Waals surface area contributed by atoms with Gasteiger partial charge in [-0.25, -0.2) is 8.78 Å². The van der Waals surface area contributed by atoms with E-state index in [0.29, 0.717) is 36.6 Å². The Bertz CT molecular complexity index is 4810. The molecule has 0 spiro atoms. The van der Waals surface area contributed by atoms with Crippen LogP contribution in [-0.2, 0) is 113 Å². The van der Waals surface area contributed by atoms with E-state index in [-0.39, 0.29) is 71.8 Å². The molecule has 5 aliphatic heterocycles. The fourth-order valence-electron chi connectivity index (χ4n) is 16.3. The van der Waals surface area contributed by atoms with Crippen molar-refractivity contribution in [3.05, 3.63) is 347 Å². The van der Waals surface area contributed by atoms with Gasteiger partial charge in [-0.3, -0.25) is 4.79 Å². The van der Waals surface area contributed by atoms with Gasteiger partial charge in [0.2, 0.25) is 5.91 Å². The number of hydrogen-bond donors (Lipinski definition) is 9. The van der Waals surface area contributed by atoms with Crippen molar-refractivity contribution in [3.8, 4) is 5.75 Å². The molecule has 0 saturated carbocycles. The van der Waals surface area contributed by atoms with Gasteiger partial charge >= 0.3 is 0 Å². The number of anilines is 1. The summed E-state index contributed by atoms with van der Waals surface area (Å²) in [6.07, 6.45) is -23.9. The van der Waals surface area contributed by atoms with Crippen LogP contribution >= 0.6 is 0 Å². The average molecular weight is 1730 g/mol. The summed E-state index contributed by atoms with van der Waals surface area (Å²) in [6.45, 7) is 0.0738. The zero-order valence-corrected chi connectivity index (χ0v) is 69.4. The summed E-state index contributed by atoms with van der Waals surface area (Å²) in [5.41, 5.74) is 8.58. The normalized spacial score (nSPS) is 28.1. The number of nitrogens with zero attached hydrogens (tertiary/aromatic N) is 1. The van der Waals surface area contributed by atoms with E-state index in [0.717, 1.165) is 44.5 Å². The number of hydrogen-bond acceptors (Lipinski definition) is 24. The molecule has 668 valence electrons. The van der Waals surface area contributed by atoms with Crippen LogP contribution < -0.4 is 9.64 Å². The molecule has 27 heteroatoms. The lowest BCUT2D eigenvalue weighted by atomic mass is 9.78. The van der Waals surface area contributed by atoms with Crippen molar-refractivity contribution in [2.45, 2.75) is 194 Å². The first-order chi connectivity index (χ1) is 61.6. The molecular formula is C99H109F2NO24. The van der Waals surface area contributed by atoms with Gasteiger partial charge < -0.3 is 117 Å². The molecule has 15 rings (SSSR count). The maximum atomic E-state index is 13.7. The molecule has 10 aromatic carbocycles. The lowest BCUT2D eigenvalue weighted by Crippen LogP contribution is -2.66. The number of carbonyl (C=O) groups excluding carboxylic acids is 1. The van der Waals surface area contributed by atoms with Crippen molar-refractivity contribution in [1.29, 1.82) is 0 Å². The largest absolute Gasteiger partial charge is 0.491 e. The van der Waals surface area contributed by atoms with Crippen molar-refractivity contribution in [3.63, 3.8) is 0 Å². The number of amides is 1. The topological polar surface area (TPSA) is 332 Å². The van der Waals surface area contributed by atoms with E-state index in [4.69, 9.17) is 66.3 Å². The van der Waals surface area contributed by atoms with Crippen molar-refractivity contribution in [2.75, 3.05) is 44.5 Å². The molecule has 5 heterocycles. The predicted molar refractivity (Wildman–Crippen MR) is 456 cm³/mol. The monoisotopic (exact) mass is 1730 g/mol. The minimum absolute atomic E-state index is 0.0925. The van der Waals surface area contributed by atoms with Crippen LogP contribution in [0.4, 0.5) is 14.5 Å². The predicted octanol–water partition coefficient (Wildman–Crippen LogP) is 10.4.